The Kier molecular flexibility index (Phi) is 10.6. The van der Waals surface area contributed by atoms with Gasteiger partial charge in [-0.25, -0.2) is 0 Å². The lowest BCUT2D eigenvalue weighted by Gasteiger charge is -2.29. The number of ether oxygens (including phenoxy) is 2. The lowest BCUT2D eigenvalue weighted by atomic mass is 9.85. The molecule has 0 amide bonds. The maximum absolute atomic E-state index is 12.3. The summed E-state index contributed by atoms with van der Waals surface area (Å²) in [5, 5.41) is 9.86. The fraction of sp³-hybridized carbons (Fsp3) is 0.833. The molecule has 0 aromatic heterocycles. The second-order valence-corrected chi connectivity index (χ2v) is 9.29. The minimum absolute atomic E-state index is 0.0577. The summed E-state index contributed by atoms with van der Waals surface area (Å²) in [6.07, 6.45) is 9.56. The normalized spacial score (nSPS) is 18.4. The van der Waals surface area contributed by atoms with Crippen molar-refractivity contribution in [3.8, 4) is 0 Å². The van der Waals surface area contributed by atoms with Crippen LogP contribution in [0.4, 0.5) is 0 Å². The number of esters is 2. The van der Waals surface area contributed by atoms with Crippen LogP contribution in [-0.2, 0) is 28.7 Å². The summed E-state index contributed by atoms with van der Waals surface area (Å²) in [6, 6.07) is 0. The van der Waals surface area contributed by atoms with Crippen molar-refractivity contribution in [1.82, 2.24) is 0 Å². The van der Waals surface area contributed by atoms with E-state index in [4.69, 9.17) is 9.47 Å². The third kappa shape index (κ3) is 8.36. The summed E-state index contributed by atoms with van der Waals surface area (Å²) >= 11 is 0. The van der Waals surface area contributed by atoms with Crippen molar-refractivity contribution in [2.45, 2.75) is 90.4 Å². The Bertz CT molecular complexity index is 561. The molecule has 0 spiro atoms. The first-order valence-corrected chi connectivity index (χ1v) is 11.9. The second-order valence-electron chi connectivity index (χ2n) is 9.29. The largest absolute Gasteiger partial charge is 0.465 e. The van der Waals surface area contributed by atoms with Crippen LogP contribution >= 0.6 is 0 Å². The van der Waals surface area contributed by atoms with Crippen molar-refractivity contribution in [2.24, 2.45) is 17.3 Å². The lowest BCUT2D eigenvalue weighted by Crippen LogP contribution is -2.38. The van der Waals surface area contributed by atoms with Crippen LogP contribution in [0.3, 0.4) is 0 Å². The molecular weight excluding hydrogens is 400 g/mol. The topological polar surface area (TPSA) is 107 Å². The van der Waals surface area contributed by atoms with Crippen LogP contribution in [0.2, 0.25) is 0 Å². The molecule has 2 aliphatic rings. The van der Waals surface area contributed by atoms with E-state index in [0.29, 0.717) is 6.42 Å². The third-order valence-electron chi connectivity index (χ3n) is 6.92. The standard InChI is InChI=1S/C24H38O7/c1-2-24(15-25,16-30-22(28)13-20(26)18-9-5-3-6-10-18)17-31-23(29)14-21(27)19-11-7-4-8-12-19/h18-19,25H,2-17H2,1H3. The molecule has 2 fully saturated rings. The van der Waals surface area contributed by atoms with Crippen molar-refractivity contribution < 1.29 is 33.8 Å². The van der Waals surface area contributed by atoms with Crippen LogP contribution in [-0.4, -0.2) is 48.4 Å². The Morgan fingerprint density at radius 3 is 1.45 bits per heavy atom. The number of Topliss-reactive ketones (excluding diaryl/α,β-unsaturated/α-hetero) is 2. The molecular formula is C24H38O7. The number of carbonyl (C=O) groups excluding carboxylic acids is 4. The summed E-state index contributed by atoms with van der Waals surface area (Å²) in [4.78, 5) is 48.8. The van der Waals surface area contributed by atoms with Crippen LogP contribution in [0.1, 0.15) is 90.4 Å². The average molecular weight is 439 g/mol. The zero-order valence-electron chi connectivity index (χ0n) is 18.9. The first kappa shape index (κ1) is 25.5. The van der Waals surface area contributed by atoms with Crippen molar-refractivity contribution in [1.29, 1.82) is 0 Å². The van der Waals surface area contributed by atoms with Crippen LogP contribution in [0.15, 0.2) is 0 Å². The smallest absolute Gasteiger partial charge is 0.313 e. The summed E-state index contributed by atoms with van der Waals surface area (Å²) in [5.74, 6) is -1.50. The maximum Gasteiger partial charge on any atom is 0.313 e. The molecule has 1 N–H and O–H groups in total. The lowest BCUT2D eigenvalue weighted by molar-refractivity contribution is -0.158. The first-order chi connectivity index (χ1) is 14.9. The van der Waals surface area contributed by atoms with Gasteiger partial charge in [0.1, 0.15) is 37.6 Å². The summed E-state index contributed by atoms with van der Waals surface area (Å²) in [7, 11) is 0. The molecule has 0 saturated heterocycles. The van der Waals surface area contributed by atoms with Crippen molar-refractivity contribution in [2.75, 3.05) is 19.8 Å². The highest BCUT2D eigenvalue weighted by Gasteiger charge is 2.33. The number of hydrogen-bond acceptors (Lipinski definition) is 7. The molecule has 2 aliphatic carbocycles. The van der Waals surface area contributed by atoms with Gasteiger partial charge in [0.25, 0.3) is 0 Å². The van der Waals surface area contributed by atoms with Gasteiger partial charge < -0.3 is 14.6 Å². The van der Waals surface area contributed by atoms with Crippen LogP contribution in [0, 0.1) is 17.3 Å². The fourth-order valence-corrected chi connectivity index (χ4v) is 4.44. The zero-order valence-corrected chi connectivity index (χ0v) is 18.9. The average Bonchev–Trinajstić information content (AvgIpc) is 2.80. The van der Waals surface area contributed by atoms with Gasteiger partial charge in [0.15, 0.2) is 0 Å². The Labute approximate surface area is 185 Å². The fourth-order valence-electron chi connectivity index (χ4n) is 4.44. The van der Waals surface area contributed by atoms with Gasteiger partial charge in [0, 0.05) is 11.8 Å². The van der Waals surface area contributed by atoms with Gasteiger partial charge in [-0.3, -0.25) is 19.2 Å². The second kappa shape index (κ2) is 12.9. The molecule has 176 valence electrons. The molecule has 0 aromatic carbocycles. The predicted octanol–water partition coefficient (Wildman–Crippen LogP) is 3.54. The Hall–Kier alpha value is -1.76. The van der Waals surface area contributed by atoms with Gasteiger partial charge in [-0.2, -0.15) is 0 Å². The molecule has 2 saturated carbocycles. The van der Waals surface area contributed by atoms with E-state index < -0.39 is 17.4 Å². The molecule has 0 aromatic rings. The van der Waals surface area contributed by atoms with E-state index in [-0.39, 0.29) is 56.1 Å². The molecule has 0 heterocycles. The Balaban J connectivity index is 1.76. The highest BCUT2D eigenvalue weighted by molar-refractivity contribution is 5.97. The minimum atomic E-state index is -0.937. The quantitative estimate of drug-likeness (QED) is 0.367. The third-order valence-corrected chi connectivity index (χ3v) is 6.92. The van der Waals surface area contributed by atoms with Gasteiger partial charge in [0.2, 0.25) is 0 Å². The Morgan fingerprint density at radius 1 is 0.742 bits per heavy atom. The minimum Gasteiger partial charge on any atom is -0.465 e. The molecule has 7 nitrogen and oxygen atoms in total. The van der Waals surface area contributed by atoms with Gasteiger partial charge >= 0.3 is 11.9 Å². The molecule has 0 radical (unpaired) electrons. The summed E-state index contributed by atoms with van der Waals surface area (Å²) < 4.78 is 10.6. The van der Waals surface area contributed by atoms with Crippen molar-refractivity contribution in [3.63, 3.8) is 0 Å². The van der Waals surface area contributed by atoms with Gasteiger partial charge in [-0.15, -0.1) is 0 Å². The highest BCUT2D eigenvalue weighted by Crippen LogP contribution is 2.27. The van der Waals surface area contributed by atoms with E-state index in [1.165, 1.54) is 0 Å². The number of aliphatic hydroxyl groups excluding tert-OH is 1. The molecule has 0 aliphatic heterocycles. The van der Waals surface area contributed by atoms with Crippen molar-refractivity contribution >= 4 is 23.5 Å². The van der Waals surface area contributed by atoms with Crippen LogP contribution < -0.4 is 0 Å². The maximum atomic E-state index is 12.3. The van der Waals surface area contributed by atoms with E-state index in [1.807, 2.05) is 0 Å². The van der Waals surface area contributed by atoms with Crippen molar-refractivity contribution in [3.05, 3.63) is 0 Å². The molecule has 0 bridgehead atoms. The number of aliphatic hydroxyl groups is 1. The van der Waals surface area contributed by atoms with E-state index in [0.717, 1.165) is 64.2 Å². The Morgan fingerprint density at radius 2 is 1.13 bits per heavy atom. The van der Waals surface area contributed by atoms with Crippen LogP contribution in [0.5, 0.6) is 0 Å². The highest BCUT2D eigenvalue weighted by atomic mass is 16.5. The number of ketones is 2. The SMILES string of the molecule is CCC(CO)(COC(=O)CC(=O)C1CCCCC1)COC(=O)CC(=O)C1CCCCC1. The number of rotatable bonds is 12. The molecule has 2 rings (SSSR count). The number of carbonyl (C=O) groups is 4. The van der Waals surface area contributed by atoms with Gasteiger partial charge in [-0.05, 0) is 32.1 Å². The molecule has 7 heteroatoms. The van der Waals surface area contributed by atoms with E-state index in [9.17, 15) is 24.3 Å². The summed E-state index contributed by atoms with van der Waals surface area (Å²) in [6.45, 7) is 1.19. The zero-order chi connectivity index (χ0) is 22.7. The molecule has 31 heavy (non-hydrogen) atoms. The van der Waals surface area contributed by atoms with E-state index in [1.54, 1.807) is 6.92 Å². The van der Waals surface area contributed by atoms with Crippen LogP contribution in [0.25, 0.3) is 0 Å². The van der Waals surface area contributed by atoms with E-state index >= 15 is 0 Å². The monoisotopic (exact) mass is 438 g/mol. The summed E-state index contributed by atoms with van der Waals surface area (Å²) in [5.41, 5.74) is -0.937. The number of hydrogen-bond donors (Lipinski definition) is 1. The van der Waals surface area contributed by atoms with E-state index in [2.05, 4.69) is 0 Å². The first-order valence-electron chi connectivity index (χ1n) is 11.9. The molecule has 0 atom stereocenters. The predicted molar refractivity (Wildman–Crippen MR) is 114 cm³/mol. The van der Waals surface area contributed by atoms with Gasteiger partial charge in [-0.1, -0.05) is 45.4 Å². The van der Waals surface area contributed by atoms with Gasteiger partial charge in [0.05, 0.1) is 12.0 Å². The molecule has 0 unspecified atom stereocenters.